The van der Waals surface area contributed by atoms with E-state index in [0.717, 1.165) is 31.7 Å². The van der Waals surface area contributed by atoms with E-state index < -0.39 is 0 Å². The molecule has 0 unspecified atom stereocenters. The van der Waals surface area contributed by atoms with Crippen LogP contribution in [0.1, 0.15) is 51.0 Å². The van der Waals surface area contributed by atoms with Crippen molar-refractivity contribution in [1.29, 1.82) is 0 Å². The minimum Gasteiger partial charge on any atom is -0.489 e. The molecule has 8 nitrogen and oxygen atoms in total. The van der Waals surface area contributed by atoms with Crippen LogP contribution in [0.15, 0.2) is 30.3 Å². The van der Waals surface area contributed by atoms with E-state index in [4.69, 9.17) is 28.6 Å². The summed E-state index contributed by atoms with van der Waals surface area (Å²) in [4.78, 5) is 18.5. The van der Waals surface area contributed by atoms with Crippen molar-refractivity contribution < 1.29 is 9.53 Å². The number of hydrogen-bond donors (Lipinski definition) is 2. The molecule has 1 amide bonds. The van der Waals surface area contributed by atoms with Gasteiger partial charge in [0.2, 0.25) is 5.69 Å². The monoisotopic (exact) mass is 482 g/mol. The van der Waals surface area contributed by atoms with Gasteiger partial charge in [0.25, 0.3) is 5.91 Å². The predicted molar refractivity (Wildman–Crippen MR) is 132 cm³/mol. The summed E-state index contributed by atoms with van der Waals surface area (Å²) in [5.41, 5.74) is 5.97. The first-order valence-corrected chi connectivity index (χ1v) is 11.9. The fourth-order valence-corrected chi connectivity index (χ4v) is 5.75. The van der Waals surface area contributed by atoms with Crippen molar-refractivity contribution >= 4 is 29.0 Å². The Morgan fingerprint density at radius 3 is 2.41 bits per heavy atom. The van der Waals surface area contributed by atoms with Crippen molar-refractivity contribution in [3.63, 3.8) is 0 Å². The van der Waals surface area contributed by atoms with E-state index in [1.54, 1.807) is 24.3 Å². The number of carbonyl (C=O) groups is 1. The number of ether oxygens (including phenoxy) is 1. The van der Waals surface area contributed by atoms with E-state index in [2.05, 4.69) is 53.0 Å². The van der Waals surface area contributed by atoms with Crippen LogP contribution >= 0.6 is 11.6 Å². The van der Waals surface area contributed by atoms with Crippen LogP contribution < -0.4 is 20.7 Å². The first kappa shape index (κ1) is 24.2. The third-order valence-corrected chi connectivity index (χ3v) is 7.46. The third-order valence-electron chi connectivity index (χ3n) is 7.16. The summed E-state index contributed by atoms with van der Waals surface area (Å²) in [6.45, 7) is 17.1. The molecule has 4 rings (SSSR count). The molecule has 180 valence electrons. The molecule has 1 saturated carbocycles. The van der Waals surface area contributed by atoms with Crippen molar-refractivity contribution in [2.24, 2.45) is 16.6 Å². The van der Waals surface area contributed by atoms with E-state index in [1.807, 2.05) is 6.07 Å². The smallest absolute Gasteiger partial charge is 0.272 e. The molecule has 1 aromatic carbocycles. The van der Waals surface area contributed by atoms with Gasteiger partial charge in [-0.2, -0.15) is 0 Å². The van der Waals surface area contributed by atoms with Gasteiger partial charge in [-0.25, -0.2) is 4.85 Å². The summed E-state index contributed by atoms with van der Waals surface area (Å²) in [6.07, 6.45) is 1.68. The zero-order valence-corrected chi connectivity index (χ0v) is 20.8. The number of benzene rings is 1. The van der Waals surface area contributed by atoms with Crippen LogP contribution in [0.4, 0.5) is 11.5 Å². The highest BCUT2D eigenvalue weighted by Crippen LogP contribution is 2.55. The predicted octanol–water partition coefficient (Wildman–Crippen LogP) is 4.22. The van der Waals surface area contributed by atoms with Gasteiger partial charge in [0.05, 0.1) is 11.6 Å². The van der Waals surface area contributed by atoms with E-state index in [0.29, 0.717) is 16.5 Å². The van der Waals surface area contributed by atoms with Gasteiger partial charge in [0.15, 0.2) is 11.5 Å². The number of piperidine rings is 1. The first-order valence-electron chi connectivity index (χ1n) is 11.5. The molecule has 0 radical (unpaired) electrons. The number of amides is 1. The maximum absolute atomic E-state index is 13.0. The molecule has 2 heterocycles. The second-order valence-corrected chi connectivity index (χ2v) is 10.8. The van der Waals surface area contributed by atoms with Gasteiger partial charge in [-0.1, -0.05) is 45.4 Å². The van der Waals surface area contributed by atoms with Gasteiger partial charge in [-0.05, 0) is 37.1 Å². The van der Waals surface area contributed by atoms with E-state index >= 15 is 0 Å². The number of halogens is 1. The van der Waals surface area contributed by atoms with Crippen molar-refractivity contribution in [1.82, 2.24) is 15.5 Å². The lowest BCUT2D eigenvalue weighted by atomic mass is 9.49. The molecule has 34 heavy (non-hydrogen) atoms. The largest absolute Gasteiger partial charge is 0.489 e. The Morgan fingerprint density at radius 2 is 1.85 bits per heavy atom. The van der Waals surface area contributed by atoms with E-state index in [9.17, 15) is 4.79 Å². The molecule has 2 aromatic rings. The summed E-state index contributed by atoms with van der Waals surface area (Å²) in [5, 5.41) is 12.0. The van der Waals surface area contributed by atoms with Gasteiger partial charge in [0, 0.05) is 36.0 Å². The zero-order chi connectivity index (χ0) is 24.7. The van der Waals surface area contributed by atoms with Crippen molar-refractivity contribution in [2.75, 3.05) is 18.0 Å². The number of carbonyl (C=O) groups excluding carboxylic acids is 1. The van der Waals surface area contributed by atoms with Crippen LogP contribution in [0, 0.1) is 17.4 Å². The Kier molecular flexibility index (Phi) is 6.45. The number of hydrogen-bond acceptors (Lipinski definition) is 6. The second kappa shape index (κ2) is 9.05. The van der Waals surface area contributed by atoms with Gasteiger partial charge >= 0.3 is 0 Å². The van der Waals surface area contributed by atoms with Crippen LogP contribution in [-0.2, 0) is 0 Å². The van der Waals surface area contributed by atoms with E-state index in [-0.39, 0.29) is 40.6 Å². The lowest BCUT2D eigenvalue weighted by Gasteiger charge is -2.63. The molecule has 2 aliphatic rings. The van der Waals surface area contributed by atoms with Crippen LogP contribution in [0.25, 0.3) is 4.85 Å². The Hall–Kier alpha value is -2.89. The maximum atomic E-state index is 13.0. The van der Waals surface area contributed by atoms with Crippen LogP contribution in [-0.4, -0.2) is 47.4 Å². The third kappa shape index (κ3) is 4.42. The van der Waals surface area contributed by atoms with Gasteiger partial charge < -0.3 is 20.7 Å². The molecule has 0 atom stereocenters. The zero-order valence-electron chi connectivity index (χ0n) is 20.0. The number of nitrogens with zero attached hydrogens (tertiary/aromatic N) is 4. The van der Waals surface area contributed by atoms with Crippen LogP contribution in [0.3, 0.4) is 0 Å². The van der Waals surface area contributed by atoms with Gasteiger partial charge in [-0.15, -0.1) is 10.2 Å². The first-order chi connectivity index (χ1) is 16.0. The summed E-state index contributed by atoms with van der Waals surface area (Å²) in [5.74, 6) is 1.12. The molecular weight excluding hydrogens is 452 g/mol. The standard InChI is InChI=1S/C25H31ClN6O2/c1-24(2)22(25(3,4)23(24)34-16-6-7-18(28-5)17(26)14-16)29-21(33)19-8-9-20(31-30-19)32-12-10-15(27)11-13-32/h6-9,14-15,22-23H,10-13,27H2,1-4H3,(H,29,33). The van der Waals surface area contributed by atoms with Crippen LogP contribution in [0.5, 0.6) is 5.75 Å². The molecule has 1 aliphatic carbocycles. The lowest BCUT2D eigenvalue weighted by Crippen LogP contribution is -2.74. The molecule has 9 heteroatoms. The summed E-state index contributed by atoms with van der Waals surface area (Å²) in [7, 11) is 0. The number of nitrogens with one attached hydrogen (secondary N) is 1. The molecule has 0 spiro atoms. The number of aromatic nitrogens is 2. The van der Waals surface area contributed by atoms with Crippen LogP contribution in [0.2, 0.25) is 5.02 Å². The van der Waals surface area contributed by atoms with Crippen molar-refractivity contribution in [3.05, 3.63) is 52.5 Å². The van der Waals surface area contributed by atoms with Crippen molar-refractivity contribution in [2.45, 2.75) is 58.7 Å². The Morgan fingerprint density at radius 1 is 1.18 bits per heavy atom. The number of nitrogens with two attached hydrogens (primary N) is 1. The average molecular weight is 483 g/mol. The fourth-order valence-electron chi connectivity index (χ4n) is 5.54. The molecule has 3 N–H and O–H groups in total. The Bertz CT molecular complexity index is 1090. The normalized spacial score (nSPS) is 23.5. The lowest BCUT2D eigenvalue weighted by molar-refractivity contribution is -0.164. The van der Waals surface area contributed by atoms with Crippen molar-refractivity contribution in [3.8, 4) is 5.75 Å². The molecule has 1 aromatic heterocycles. The molecule has 2 fully saturated rings. The van der Waals surface area contributed by atoms with Gasteiger partial charge in [-0.3, -0.25) is 4.79 Å². The highest BCUT2D eigenvalue weighted by molar-refractivity contribution is 6.33. The fraction of sp³-hybridized carbons (Fsp3) is 0.520. The summed E-state index contributed by atoms with van der Waals surface area (Å²) >= 11 is 6.18. The maximum Gasteiger partial charge on any atom is 0.272 e. The Labute approximate surface area is 205 Å². The SMILES string of the molecule is [C-]#[N+]c1ccc(OC2C(C)(C)C(NC(=O)c3ccc(N4CCC(N)CC4)nn3)C2(C)C)cc1Cl. The summed E-state index contributed by atoms with van der Waals surface area (Å²) in [6, 6.07) is 8.75. The second-order valence-electron chi connectivity index (χ2n) is 10.4. The molecule has 1 aliphatic heterocycles. The number of rotatable bonds is 5. The van der Waals surface area contributed by atoms with E-state index in [1.165, 1.54) is 0 Å². The quantitative estimate of drug-likeness (QED) is 0.619. The minimum atomic E-state index is -0.343. The molecule has 0 bridgehead atoms. The average Bonchev–Trinajstić information content (AvgIpc) is 2.81. The summed E-state index contributed by atoms with van der Waals surface area (Å²) < 4.78 is 6.29. The topological polar surface area (TPSA) is 97.7 Å². The molecular formula is C25H31ClN6O2. The Balaban J connectivity index is 1.42. The van der Waals surface area contributed by atoms with Gasteiger partial charge in [0.1, 0.15) is 11.9 Å². The number of anilines is 1. The highest BCUT2D eigenvalue weighted by Gasteiger charge is 2.64. The highest BCUT2D eigenvalue weighted by atomic mass is 35.5. The minimum absolute atomic E-state index is 0.138. The molecule has 1 saturated heterocycles.